The molecule has 7 nitrogen and oxygen atoms in total. The smallest absolute Gasteiger partial charge is 0.223 e. The van der Waals surface area contributed by atoms with Crippen LogP contribution in [0.25, 0.3) is 15.8 Å². The van der Waals surface area contributed by atoms with Crippen LogP contribution in [-0.2, 0) is 21.3 Å². The molecule has 0 bridgehead atoms. The van der Waals surface area contributed by atoms with Crippen LogP contribution in [0.1, 0.15) is 17.0 Å². The van der Waals surface area contributed by atoms with Crippen LogP contribution in [0.4, 0.5) is 0 Å². The van der Waals surface area contributed by atoms with Crippen molar-refractivity contribution < 1.29 is 13.2 Å². The highest BCUT2D eigenvalue weighted by atomic mass is 35.5. The van der Waals surface area contributed by atoms with Crippen molar-refractivity contribution >= 4 is 48.8 Å². The quantitative estimate of drug-likeness (QED) is 0.695. The maximum absolute atomic E-state index is 11.7. The zero-order chi connectivity index (χ0) is 19.0. The normalized spacial score (nSPS) is 20.1. The molecule has 0 aliphatic carbocycles. The molecular formula is C17H21ClN4O3S2. The molecule has 146 valence electrons. The number of aromatic nitrogens is 2. The summed E-state index contributed by atoms with van der Waals surface area (Å²) in [6.45, 7) is 4.59. The third-order valence-corrected chi connectivity index (χ3v) is 7.43. The van der Waals surface area contributed by atoms with E-state index in [1.165, 1.54) is 15.4 Å². The molecule has 0 N–H and O–H groups in total. The van der Waals surface area contributed by atoms with Crippen molar-refractivity contribution in [3.63, 3.8) is 0 Å². The third kappa shape index (κ3) is 4.33. The number of sulfonamides is 1. The second-order valence-electron chi connectivity index (χ2n) is 6.76. The lowest BCUT2D eigenvalue weighted by Gasteiger charge is -2.32. The van der Waals surface area contributed by atoms with E-state index in [0.29, 0.717) is 26.3 Å². The number of hydrogen-bond acceptors (Lipinski definition) is 7. The molecule has 1 fully saturated rings. The summed E-state index contributed by atoms with van der Waals surface area (Å²) in [5.74, 6) is 0. The maximum Gasteiger partial charge on any atom is 0.223 e. The molecule has 4 rings (SSSR count). The molecule has 0 amide bonds. The standard InChI is InChI=1S/C17H21ClN4O3S2/c1-27(23,24)22-6-4-21(5-7-22)11-13-10-14-16(26-13)15(20-17(18)19-14)12-2-8-25-9-3-12/h2,10H,3-9,11H2,1H3. The van der Waals surface area contributed by atoms with E-state index in [2.05, 4.69) is 27.0 Å². The highest BCUT2D eigenvalue weighted by Crippen LogP contribution is 2.34. The molecule has 0 saturated carbocycles. The van der Waals surface area contributed by atoms with Gasteiger partial charge >= 0.3 is 0 Å². The van der Waals surface area contributed by atoms with Gasteiger partial charge in [0.05, 0.1) is 35.4 Å². The van der Waals surface area contributed by atoms with Gasteiger partial charge in [-0.25, -0.2) is 18.4 Å². The van der Waals surface area contributed by atoms with Gasteiger partial charge in [-0.2, -0.15) is 4.31 Å². The van der Waals surface area contributed by atoms with E-state index in [1.54, 1.807) is 11.3 Å². The van der Waals surface area contributed by atoms with Crippen molar-refractivity contribution in [3.05, 3.63) is 28.0 Å². The van der Waals surface area contributed by atoms with E-state index < -0.39 is 10.0 Å². The topological polar surface area (TPSA) is 75.6 Å². The van der Waals surface area contributed by atoms with Crippen LogP contribution in [-0.4, -0.2) is 73.2 Å². The fourth-order valence-electron chi connectivity index (χ4n) is 3.43. The summed E-state index contributed by atoms with van der Waals surface area (Å²) in [6.07, 6.45) is 4.15. The number of hydrogen-bond donors (Lipinski definition) is 0. The van der Waals surface area contributed by atoms with Gasteiger partial charge in [0.15, 0.2) is 0 Å². The largest absolute Gasteiger partial charge is 0.377 e. The zero-order valence-corrected chi connectivity index (χ0v) is 17.4. The second kappa shape index (κ2) is 7.73. The van der Waals surface area contributed by atoms with E-state index in [1.807, 2.05) is 0 Å². The lowest BCUT2D eigenvalue weighted by Crippen LogP contribution is -2.47. The highest BCUT2D eigenvalue weighted by molar-refractivity contribution is 7.88. The Morgan fingerprint density at radius 1 is 1.26 bits per heavy atom. The Hall–Kier alpha value is -1.10. The first kappa shape index (κ1) is 19.2. The van der Waals surface area contributed by atoms with Crippen LogP contribution in [0, 0.1) is 0 Å². The number of thiophene rings is 1. The van der Waals surface area contributed by atoms with Crippen molar-refractivity contribution in [2.24, 2.45) is 0 Å². The summed E-state index contributed by atoms with van der Waals surface area (Å²) in [4.78, 5) is 12.3. The number of fused-ring (bicyclic) bond motifs is 1. The SMILES string of the molecule is CS(=O)(=O)N1CCN(Cc2cc3nc(Cl)nc(C4=CCOCC4)c3s2)CC1. The molecule has 0 spiro atoms. The molecule has 1 saturated heterocycles. The van der Waals surface area contributed by atoms with Crippen LogP contribution in [0.2, 0.25) is 5.28 Å². The summed E-state index contributed by atoms with van der Waals surface area (Å²) < 4.78 is 31.3. The molecule has 2 aliphatic rings. The van der Waals surface area contributed by atoms with Crippen molar-refractivity contribution in [3.8, 4) is 0 Å². The Balaban J connectivity index is 1.55. The Morgan fingerprint density at radius 3 is 2.70 bits per heavy atom. The number of nitrogens with zero attached hydrogens (tertiary/aromatic N) is 4. The fourth-order valence-corrected chi connectivity index (χ4v) is 5.59. The summed E-state index contributed by atoms with van der Waals surface area (Å²) >= 11 is 7.84. The Labute approximate surface area is 167 Å². The van der Waals surface area contributed by atoms with Crippen LogP contribution in [0.5, 0.6) is 0 Å². The van der Waals surface area contributed by atoms with Crippen molar-refractivity contribution in [2.45, 2.75) is 13.0 Å². The van der Waals surface area contributed by atoms with Crippen LogP contribution >= 0.6 is 22.9 Å². The predicted octanol–water partition coefficient (Wildman–Crippen LogP) is 2.23. The maximum atomic E-state index is 11.7. The van der Waals surface area contributed by atoms with Crippen LogP contribution < -0.4 is 0 Å². The number of rotatable bonds is 4. The van der Waals surface area contributed by atoms with Crippen LogP contribution in [0.15, 0.2) is 12.1 Å². The second-order valence-corrected chi connectivity index (χ2v) is 10.2. The van der Waals surface area contributed by atoms with Gasteiger partial charge in [0.25, 0.3) is 0 Å². The molecule has 0 radical (unpaired) electrons. The minimum atomic E-state index is -3.11. The molecule has 2 aromatic rings. The molecule has 2 aliphatic heterocycles. The van der Waals surface area contributed by atoms with E-state index >= 15 is 0 Å². The molecule has 0 unspecified atom stereocenters. The lowest BCUT2D eigenvalue weighted by molar-refractivity contribution is 0.161. The average Bonchev–Trinajstić information content (AvgIpc) is 3.03. The molecule has 27 heavy (non-hydrogen) atoms. The molecule has 10 heteroatoms. The van der Waals surface area contributed by atoms with E-state index in [9.17, 15) is 8.42 Å². The van der Waals surface area contributed by atoms with Gasteiger partial charge in [0.2, 0.25) is 15.3 Å². The van der Waals surface area contributed by atoms with Gasteiger partial charge in [0.1, 0.15) is 0 Å². The summed E-state index contributed by atoms with van der Waals surface area (Å²) in [5.41, 5.74) is 2.93. The van der Waals surface area contributed by atoms with Crippen LogP contribution in [0.3, 0.4) is 0 Å². The van der Waals surface area contributed by atoms with E-state index in [4.69, 9.17) is 16.3 Å². The Bertz CT molecular complexity index is 981. The zero-order valence-electron chi connectivity index (χ0n) is 15.0. The van der Waals surface area contributed by atoms with Gasteiger partial charge in [-0.3, -0.25) is 4.90 Å². The minimum absolute atomic E-state index is 0.260. The first-order chi connectivity index (χ1) is 12.9. The summed E-state index contributed by atoms with van der Waals surface area (Å²) in [7, 11) is -3.11. The third-order valence-electron chi connectivity index (χ3n) is 4.84. The van der Waals surface area contributed by atoms with Crippen molar-refractivity contribution in [1.29, 1.82) is 0 Å². The lowest BCUT2D eigenvalue weighted by atomic mass is 10.1. The first-order valence-corrected chi connectivity index (χ1v) is 11.8. The molecule has 2 aromatic heterocycles. The van der Waals surface area contributed by atoms with Gasteiger partial charge in [-0.15, -0.1) is 11.3 Å². The van der Waals surface area contributed by atoms with E-state index in [-0.39, 0.29) is 5.28 Å². The van der Waals surface area contributed by atoms with Gasteiger partial charge < -0.3 is 4.74 Å². The first-order valence-electron chi connectivity index (χ1n) is 8.81. The van der Waals surface area contributed by atoms with Crippen molar-refractivity contribution in [2.75, 3.05) is 45.6 Å². The monoisotopic (exact) mass is 428 g/mol. The highest BCUT2D eigenvalue weighted by Gasteiger charge is 2.24. The Kier molecular flexibility index (Phi) is 5.50. The predicted molar refractivity (Wildman–Crippen MR) is 108 cm³/mol. The number of ether oxygens (including phenoxy) is 1. The number of piperazine rings is 1. The molecular weight excluding hydrogens is 408 g/mol. The number of halogens is 1. The van der Waals surface area contributed by atoms with Gasteiger partial charge in [-0.05, 0) is 29.7 Å². The Morgan fingerprint density at radius 2 is 2.04 bits per heavy atom. The molecule has 0 atom stereocenters. The van der Waals surface area contributed by atoms with Gasteiger partial charge in [-0.1, -0.05) is 6.08 Å². The van der Waals surface area contributed by atoms with Gasteiger partial charge in [0, 0.05) is 37.6 Å². The fraction of sp³-hybridized carbons (Fsp3) is 0.529. The summed E-state index contributed by atoms with van der Waals surface area (Å²) in [6, 6.07) is 2.07. The average molecular weight is 429 g/mol. The minimum Gasteiger partial charge on any atom is -0.377 e. The van der Waals surface area contributed by atoms with E-state index in [0.717, 1.165) is 47.5 Å². The van der Waals surface area contributed by atoms with Crippen molar-refractivity contribution in [1.82, 2.24) is 19.2 Å². The molecule has 0 aromatic carbocycles. The molecule has 4 heterocycles. The summed E-state index contributed by atoms with van der Waals surface area (Å²) in [5, 5.41) is 0.260.